The normalized spacial score (nSPS) is 16.4. The highest BCUT2D eigenvalue weighted by atomic mass is 32.1. The number of rotatable bonds is 5. The number of benzene rings is 2. The molecule has 5 rings (SSSR count). The fourth-order valence-electron chi connectivity index (χ4n) is 4.13. The van der Waals surface area contributed by atoms with Crippen molar-refractivity contribution in [2.45, 2.75) is 13.8 Å². The fraction of sp³-hybridized carbons (Fsp3) is 0.417. The molecule has 0 saturated carbocycles. The number of aromatic nitrogens is 1. The standard InChI is InChI=1S/C24H28N4O3S/c1-16-3-6-21-22(17(16)2)26-24(32-21)28-11-9-27(10-12-28)8-7-25-23(29)18-4-5-19-20(15-18)31-14-13-30-19/h3-6,15H,7-14H2,1-2H3,(H,25,29). The van der Waals surface area contributed by atoms with E-state index in [4.69, 9.17) is 14.5 Å². The molecule has 0 atom stereocenters. The van der Waals surface area contributed by atoms with Crippen LogP contribution >= 0.6 is 11.3 Å². The summed E-state index contributed by atoms with van der Waals surface area (Å²) in [6.45, 7) is 10.6. The van der Waals surface area contributed by atoms with Gasteiger partial charge in [0.25, 0.3) is 5.91 Å². The number of anilines is 1. The molecule has 2 aromatic carbocycles. The second kappa shape index (κ2) is 8.96. The van der Waals surface area contributed by atoms with Gasteiger partial charge in [-0.2, -0.15) is 0 Å². The quantitative estimate of drug-likeness (QED) is 0.641. The number of nitrogens with one attached hydrogen (secondary N) is 1. The summed E-state index contributed by atoms with van der Waals surface area (Å²) < 4.78 is 12.3. The zero-order chi connectivity index (χ0) is 22.1. The molecule has 1 saturated heterocycles. The second-order valence-electron chi connectivity index (χ2n) is 8.29. The molecule has 168 valence electrons. The van der Waals surface area contributed by atoms with Crippen LogP contribution in [0.1, 0.15) is 21.5 Å². The number of carbonyl (C=O) groups excluding carboxylic acids is 1. The highest BCUT2D eigenvalue weighted by molar-refractivity contribution is 7.22. The van der Waals surface area contributed by atoms with Gasteiger partial charge in [0, 0.05) is 44.8 Å². The van der Waals surface area contributed by atoms with E-state index in [1.807, 2.05) is 0 Å². The molecule has 32 heavy (non-hydrogen) atoms. The SMILES string of the molecule is Cc1ccc2sc(N3CCN(CCNC(=O)c4ccc5c(c4)OCCO5)CC3)nc2c1C. The van der Waals surface area contributed by atoms with Crippen LogP contribution in [0.5, 0.6) is 11.5 Å². The van der Waals surface area contributed by atoms with Crippen molar-refractivity contribution < 1.29 is 14.3 Å². The van der Waals surface area contributed by atoms with E-state index in [0.29, 0.717) is 36.8 Å². The van der Waals surface area contributed by atoms with Crippen molar-refractivity contribution in [1.82, 2.24) is 15.2 Å². The molecule has 0 aliphatic carbocycles. The molecular formula is C24H28N4O3S. The van der Waals surface area contributed by atoms with Gasteiger partial charge in [0.05, 0.1) is 10.2 Å². The van der Waals surface area contributed by atoms with E-state index in [1.54, 1.807) is 29.5 Å². The number of piperazine rings is 1. The van der Waals surface area contributed by atoms with Gasteiger partial charge in [-0.1, -0.05) is 17.4 Å². The van der Waals surface area contributed by atoms with Crippen LogP contribution < -0.4 is 19.7 Å². The Hall–Kier alpha value is -2.84. The number of hydrogen-bond donors (Lipinski definition) is 1. The number of thiazole rings is 1. The maximum Gasteiger partial charge on any atom is 0.251 e. The first-order chi connectivity index (χ1) is 15.6. The Kier molecular flexibility index (Phi) is 5.89. The summed E-state index contributed by atoms with van der Waals surface area (Å²) in [5.74, 6) is 1.25. The fourth-order valence-corrected chi connectivity index (χ4v) is 5.20. The molecular weight excluding hydrogens is 424 g/mol. The zero-order valence-corrected chi connectivity index (χ0v) is 19.3. The Bertz CT molecular complexity index is 1140. The first-order valence-corrected chi connectivity index (χ1v) is 11.9. The highest BCUT2D eigenvalue weighted by Crippen LogP contribution is 2.32. The number of aryl methyl sites for hydroxylation is 2. The summed E-state index contributed by atoms with van der Waals surface area (Å²) in [7, 11) is 0. The summed E-state index contributed by atoms with van der Waals surface area (Å²) in [5.41, 5.74) is 4.30. The van der Waals surface area contributed by atoms with E-state index in [2.05, 4.69) is 41.1 Å². The third-order valence-electron chi connectivity index (χ3n) is 6.23. The van der Waals surface area contributed by atoms with Crippen LogP contribution in [0.15, 0.2) is 30.3 Å². The van der Waals surface area contributed by atoms with Crippen LogP contribution in [0.4, 0.5) is 5.13 Å². The van der Waals surface area contributed by atoms with Gasteiger partial charge in [0.1, 0.15) is 13.2 Å². The van der Waals surface area contributed by atoms with Gasteiger partial charge in [-0.25, -0.2) is 4.98 Å². The van der Waals surface area contributed by atoms with Gasteiger partial charge in [0.2, 0.25) is 0 Å². The van der Waals surface area contributed by atoms with Crippen molar-refractivity contribution in [2.75, 3.05) is 57.4 Å². The van der Waals surface area contributed by atoms with Crippen LogP contribution in [0.2, 0.25) is 0 Å². The lowest BCUT2D eigenvalue weighted by Crippen LogP contribution is -2.48. The summed E-state index contributed by atoms with van der Waals surface area (Å²) >= 11 is 1.78. The summed E-state index contributed by atoms with van der Waals surface area (Å²) in [6.07, 6.45) is 0. The van der Waals surface area contributed by atoms with Crippen molar-refractivity contribution in [3.63, 3.8) is 0 Å². The number of ether oxygens (including phenoxy) is 2. The third kappa shape index (κ3) is 4.25. The van der Waals surface area contributed by atoms with Gasteiger partial charge in [-0.15, -0.1) is 0 Å². The number of nitrogens with zero attached hydrogens (tertiary/aromatic N) is 3. The second-order valence-corrected chi connectivity index (χ2v) is 9.30. The predicted octanol–water partition coefficient (Wildman–Crippen LogP) is 3.24. The average Bonchev–Trinajstić information content (AvgIpc) is 3.27. The first-order valence-electron chi connectivity index (χ1n) is 11.1. The van der Waals surface area contributed by atoms with Crippen LogP contribution in [0, 0.1) is 13.8 Å². The van der Waals surface area contributed by atoms with Gasteiger partial charge < -0.3 is 19.7 Å². The third-order valence-corrected chi connectivity index (χ3v) is 7.32. The highest BCUT2D eigenvalue weighted by Gasteiger charge is 2.21. The number of fused-ring (bicyclic) bond motifs is 2. The van der Waals surface area contributed by atoms with Gasteiger partial charge in [-0.3, -0.25) is 9.69 Å². The minimum absolute atomic E-state index is 0.0826. The van der Waals surface area contributed by atoms with Crippen molar-refractivity contribution >= 4 is 32.6 Å². The van der Waals surface area contributed by atoms with E-state index < -0.39 is 0 Å². The molecule has 2 aliphatic heterocycles. The smallest absolute Gasteiger partial charge is 0.251 e. The molecule has 3 heterocycles. The lowest BCUT2D eigenvalue weighted by atomic mass is 10.1. The van der Waals surface area contributed by atoms with Crippen LogP contribution in [0.25, 0.3) is 10.2 Å². The maximum atomic E-state index is 12.5. The molecule has 0 unspecified atom stereocenters. The molecule has 2 aliphatic rings. The summed E-state index contributed by atoms with van der Waals surface area (Å²) in [5, 5.41) is 4.14. The van der Waals surface area contributed by atoms with Gasteiger partial charge >= 0.3 is 0 Å². The Labute approximate surface area is 191 Å². The molecule has 1 N–H and O–H groups in total. The predicted molar refractivity (Wildman–Crippen MR) is 128 cm³/mol. The van der Waals surface area contributed by atoms with E-state index in [-0.39, 0.29) is 5.91 Å². The van der Waals surface area contributed by atoms with Crippen LogP contribution in [-0.4, -0.2) is 68.3 Å². The molecule has 1 amide bonds. The average molecular weight is 453 g/mol. The molecule has 8 heteroatoms. The lowest BCUT2D eigenvalue weighted by Gasteiger charge is -2.34. The van der Waals surface area contributed by atoms with Crippen molar-refractivity contribution in [2.24, 2.45) is 0 Å². The number of amides is 1. The van der Waals surface area contributed by atoms with E-state index >= 15 is 0 Å². The van der Waals surface area contributed by atoms with E-state index in [0.717, 1.165) is 43.4 Å². The van der Waals surface area contributed by atoms with E-state index in [9.17, 15) is 4.79 Å². The van der Waals surface area contributed by atoms with Crippen molar-refractivity contribution in [3.8, 4) is 11.5 Å². The first kappa shape index (κ1) is 21.0. The Morgan fingerprint density at radius 1 is 1.06 bits per heavy atom. The molecule has 1 fully saturated rings. The van der Waals surface area contributed by atoms with E-state index in [1.165, 1.54) is 15.8 Å². The van der Waals surface area contributed by atoms with Crippen molar-refractivity contribution in [3.05, 3.63) is 47.0 Å². The molecule has 0 bridgehead atoms. The lowest BCUT2D eigenvalue weighted by molar-refractivity contribution is 0.0946. The Morgan fingerprint density at radius 3 is 2.66 bits per heavy atom. The van der Waals surface area contributed by atoms with Gasteiger partial charge in [-0.05, 0) is 49.2 Å². The number of hydrogen-bond acceptors (Lipinski definition) is 7. The Balaban J connectivity index is 1.11. The minimum Gasteiger partial charge on any atom is -0.486 e. The summed E-state index contributed by atoms with van der Waals surface area (Å²) in [6, 6.07) is 9.69. The van der Waals surface area contributed by atoms with Gasteiger partial charge in [0.15, 0.2) is 16.6 Å². The summed E-state index contributed by atoms with van der Waals surface area (Å²) in [4.78, 5) is 22.2. The maximum absolute atomic E-state index is 12.5. The topological polar surface area (TPSA) is 66.9 Å². The molecule has 3 aromatic rings. The van der Waals surface area contributed by atoms with Crippen LogP contribution in [0.3, 0.4) is 0 Å². The van der Waals surface area contributed by atoms with Crippen molar-refractivity contribution in [1.29, 1.82) is 0 Å². The van der Waals surface area contributed by atoms with Crippen LogP contribution in [-0.2, 0) is 0 Å². The minimum atomic E-state index is -0.0826. The molecule has 7 nitrogen and oxygen atoms in total. The monoisotopic (exact) mass is 452 g/mol. The largest absolute Gasteiger partial charge is 0.486 e. The molecule has 0 spiro atoms. The molecule has 0 radical (unpaired) electrons. The zero-order valence-electron chi connectivity index (χ0n) is 18.5. The molecule has 1 aromatic heterocycles. The Morgan fingerprint density at radius 2 is 1.84 bits per heavy atom. The number of carbonyl (C=O) groups is 1.